The Kier molecular flexibility index (Phi) is 3.78. The highest BCUT2D eigenvalue weighted by atomic mass is 16.3. The summed E-state index contributed by atoms with van der Waals surface area (Å²) >= 11 is 0. The molecule has 1 aromatic carbocycles. The summed E-state index contributed by atoms with van der Waals surface area (Å²) in [6.07, 6.45) is -0.785. The zero-order valence-corrected chi connectivity index (χ0v) is 11.2. The first-order valence-electron chi connectivity index (χ1n) is 6.39. The summed E-state index contributed by atoms with van der Waals surface area (Å²) in [5.41, 5.74) is 2.43. The molecule has 2 rings (SSSR count). The molecule has 0 saturated carbocycles. The lowest BCUT2D eigenvalue weighted by Crippen LogP contribution is -2.43. The number of aliphatic hydroxyl groups excluding tert-OH is 2. The topological polar surface area (TPSA) is 81.6 Å². The standard InChI is InChI=1S/C14H20N2O3/c1-14(2)8-16-13(19)11-4-3-9(5-12(11)14)15-6-10(18)7-17/h3-5,10,15,17-18H,6-8H2,1-2H3,(H,16,19). The number of benzene rings is 1. The van der Waals surface area contributed by atoms with Gasteiger partial charge in [-0.05, 0) is 23.8 Å². The van der Waals surface area contributed by atoms with E-state index in [0.29, 0.717) is 12.1 Å². The first-order valence-corrected chi connectivity index (χ1v) is 6.39. The van der Waals surface area contributed by atoms with E-state index in [1.165, 1.54) is 0 Å². The van der Waals surface area contributed by atoms with Gasteiger partial charge in [0, 0.05) is 29.8 Å². The Labute approximate surface area is 112 Å². The summed E-state index contributed by atoms with van der Waals surface area (Å²) in [6, 6.07) is 5.54. The second kappa shape index (κ2) is 5.19. The number of fused-ring (bicyclic) bond motifs is 1. The largest absolute Gasteiger partial charge is 0.394 e. The molecular weight excluding hydrogens is 244 g/mol. The van der Waals surface area contributed by atoms with Gasteiger partial charge in [0.25, 0.3) is 5.91 Å². The molecule has 1 unspecified atom stereocenters. The zero-order chi connectivity index (χ0) is 14.0. The number of nitrogens with one attached hydrogen (secondary N) is 2. The molecule has 1 heterocycles. The Hall–Kier alpha value is -1.59. The van der Waals surface area contributed by atoms with Crippen LogP contribution in [0.3, 0.4) is 0 Å². The summed E-state index contributed by atoms with van der Waals surface area (Å²) < 4.78 is 0. The minimum atomic E-state index is -0.785. The predicted molar refractivity (Wildman–Crippen MR) is 73.4 cm³/mol. The highest BCUT2D eigenvalue weighted by Crippen LogP contribution is 2.31. The molecule has 5 heteroatoms. The predicted octanol–water partition coefficient (Wildman–Crippen LogP) is 0.473. The van der Waals surface area contributed by atoms with E-state index >= 15 is 0 Å². The van der Waals surface area contributed by atoms with Gasteiger partial charge in [0.1, 0.15) is 0 Å². The van der Waals surface area contributed by atoms with Crippen molar-refractivity contribution in [3.05, 3.63) is 29.3 Å². The van der Waals surface area contributed by atoms with Crippen LogP contribution >= 0.6 is 0 Å². The minimum absolute atomic E-state index is 0.0451. The van der Waals surface area contributed by atoms with E-state index in [-0.39, 0.29) is 24.5 Å². The molecule has 0 radical (unpaired) electrons. The van der Waals surface area contributed by atoms with Crippen LogP contribution in [0.2, 0.25) is 0 Å². The van der Waals surface area contributed by atoms with Gasteiger partial charge < -0.3 is 20.8 Å². The maximum absolute atomic E-state index is 11.8. The highest BCUT2D eigenvalue weighted by molar-refractivity contribution is 5.97. The first kappa shape index (κ1) is 13.8. The molecule has 0 aliphatic carbocycles. The van der Waals surface area contributed by atoms with Crippen LogP contribution in [0.1, 0.15) is 29.8 Å². The molecule has 0 saturated heterocycles. The fourth-order valence-electron chi connectivity index (χ4n) is 2.20. The fraction of sp³-hybridized carbons (Fsp3) is 0.500. The van der Waals surface area contributed by atoms with E-state index in [1.54, 1.807) is 6.07 Å². The lowest BCUT2D eigenvalue weighted by molar-refractivity contribution is 0.0930. The molecule has 1 atom stereocenters. The first-order chi connectivity index (χ1) is 8.94. The van der Waals surface area contributed by atoms with E-state index in [9.17, 15) is 9.90 Å². The summed E-state index contributed by atoms with van der Waals surface area (Å²) in [4.78, 5) is 11.8. The van der Waals surface area contributed by atoms with Crippen LogP contribution in [-0.2, 0) is 5.41 Å². The number of carbonyl (C=O) groups is 1. The van der Waals surface area contributed by atoms with E-state index in [2.05, 4.69) is 24.5 Å². The summed E-state index contributed by atoms with van der Waals surface area (Å²) in [5.74, 6) is -0.0451. The van der Waals surface area contributed by atoms with Gasteiger partial charge in [-0.15, -0.1) is 0 Å². The third kappa shape index (κ3) is 2.88. The molecule has 1 amide bonds. The summed E-state index contributed by atoms with van der Waals surface area (Å²) in [6.45, 7) is 4.78. The number of hydrogen-bond acceptors (Lipinski definition) is 4. The molecule has 1 aromatic rings. The Morgan fingerprint density at radius 3 is 2.89 bits per heavy atom. The van der Waals surface area contributed by atoms with E-state index < -0.39 is 6.10 Å². The zero-order valence-electron chi connectivity index (χ0n) is 11.2. The van der Waals surface area contributed by atoms with Crippen molar-refractivity contribution in [1.82, 2.24) is 5.32 Å². The summed E-state index contributed by atoms with van der Waals surface area (Å²) in [5, 5.41) is 24.0. The molecule has 0 fully saturated rings. The van der Waals surface area contributed by atoms with E-state index in [1.807, 2.05) is 12.1 Å². The van der Waals surface area contributed by atoms with Crippen molar-refractivity contribution in [2.24, 2.45) is 0 Å². The van der Waals surface area contributed by atoms with Crippen molar-refractivity contribution in [3.8, 4) is 0 Å². The molecule has 1 aliphatic rings. The van der Waals surface area contributed by atoms with Gasteiger partial charge in [0.15, 0.2) is 0 Å². The minimum Gasteiger partial charge on any atom is -0.394 e. The molecule has 0 aromatic heterocycles. The third-order valence-electron chi connectivity index (χ3n) is 3.44. The lowest BCUT2D eigenvalue weighted by Gasteiger charge is -2.32. The quantitative estimate of drug-likeness (QED) is 0.637. The van der Waals surface area contributed by atoms with Gasteiger partial charge >= 0.3 is 0 Å². The molecule has 19 heavy (non-hydrogen) atoms. The maximum atomic E-state index is 11.8. The van der Waals surface area contributed by atoms with Crippen molar-refractivity contribution in [2.75, 3.05) is 25.0 Å². The van der Waals surface area contributed by atoms with Gasteiger partial charge in [0.05, 0.1) is 12.7 Å². The van der Waals surface area contributed by atoms with Crippen molar-refractivity contribution >= 4 is 11.6 Å². The van der Waals surface area contributed by atoms with E-state index in [0.717, 1.165) is 11.3 Å². The molecular formula is C14H20N2O3. The Morgan fingerprint density at radius 1 is 1.47 bits per heavy atom. The molecule has 1 aliphatic heterocycles. The Balaban J connectivity index is 2.24. The van der Waals surface area contributed by atoms with Gasteiger partial charge in [0.2, 0.25) is 0 Å². The number of rotatable bonds is 4. The van der Waals surface area contributed by atoms with Crippen molar-refractivity contribution < 1.29 is 15.0 Å². The van der Waals surface area contributed by atoms with Crippen LogP contribution < -0.4 is 10.6 Å². The van der Waals surface area contributed by atoms with Gasteiger partial charge in [-0.3, -0.25) is 4.79 Å². The van der Waals surface area contributed by atoms with Crippen molar-refractivity contribution in [3.63, 3.8) is 0 Å². The Bertz CT molecular complexity index is 486. The number of hydrogen-bond donors (Lipinski definition) is 4. The average Bonchev–Trinajstić information content (AvgIpc) is 2.40. The SMILES string of the molecule is CC1(C)CNC(=O)c2ccc(NCC(O)CO)cc21. The van der Waals surface area contributed by atoms with Crippen LogP contribution in [0.5, 0.6) is 0 Å². The van der Waals surface area contributed by atoms with Gasteiger partial charge in [-0.25, -0.2) is 0 Å². The van der Waals surface area contributed by atoms with Crippen LogP contribution in [-0.4, -0.2) is 41.9 Å². The fourth-order valence-corrected chi connectivity index (χ4v) is 2.20. The maximum Gasteiger partial charge on any atom is 0.251 e. The van der Waals surface area contributed by atoms with Gasteiger partial charge in [-0.1, -0.05) is 13.8 Å². The summed E-state index contributed by atoms with van der Waals surface area (Å²) in [7, 11) is 0. The molecule has 0 bridgehead atoms. The molecule has 0 spiro atoms. The Morgan fingerprint density at radius 2 is 2.21 bits per heavy atom. The van der Waals surface area contributed by atoms with Crippen molar-refractivity contribution in [1.29, 1.82) is 0 Å². The molecule has 5 nitrogen and oxygen atoms in total. The number of anilines is 1. The van der Waals surface area contributed by atoms with Crippen molar-refractivity contribution in [2.45, 2.75) is 25.4 Å². The van der Waals surface area contributed by atoms with Crippen LogP contribution in [0.4, 0.5) is 5.69 Å². The number of aliphatic hydroxyl groups is 2. The van der Waals surface area contributed by atoms with Crippen LogP contribution in [0.25, 0.3) is 0 Å². The third-order valence-corrected chi connectivity index (χ3v) is 3.44. The average molecular weight is 264 g/mol. The molecule has 4 N–H and O–H groups in total. The normalized spacial score (nSPS) is 18.4. The number of amides is 1. The molecule has 104 valence electrons. The monoisotopic (exact) mass is 264 g/mol. The van der Waals surface area contributed by atoms with Crippen LogP contribution in [0.15, 0.2) is 18.2 Å². The number of carbonyl (C=O) groups excluding carboxylic acids is 1. The lowest BCUT2D eigenvalue weighted by atomic mass is 9.79. The van der Waals surface area contributed by atoms with Gasteiger partial charge in [-0.2, -0.15) is 0 Å². The second-order valence-corrected chi connectivity index (χ2v) is 5.54. The smallest absolute Gasteiger partial charge is 0.251 e. The second-order valence-electron chi connectivity index (χ2n) is 5.54. The van der Waals surface area contributed by atoms with E-state index in [4.69, 9.17) is 5.11 Å². The van der Waals surface area contributed by atoms with Crippen LogP contribution in [0, 0.1) is 0 Å². The highest BCUT2D eigenvalue weighted by Gasteiger charge is 2.31.